The molecule has 3 nitrogen and oxygen atoms in total. The average molecular weight is 244 g/mol. The van der Waals surface area contributed by atoms with Crippen LogP contribution in [0.15, 0.2) is 23.8 Å². The van der Waals surface area contributed by atoms with Gasteiger partial charge >= 0.3 is 0 Å². The van der Waals surface area contributed by atoms with E-state index >= 15 is 0 Å². The van der Waals surface area contributed by atoms with Crippen LogP contribution in [-0.2, 0) is 4.79 Å². The summed E-state index contributed by atoms with van der Waals surface area (Å²) >= 11 is 0. The van der Waals surface area contributed by atoms with Crippen molar-refractivity contribution in [3.05, 3.63) is 29.3 Å². The molecule has 3 heteroatoms. The van der Waals surface area contributed by atoms with Gasteiger partial charge in [0.1, 0.15) is 0 Å². The van der Waals surface area contributed by atoms with Crippen LogP contribution in [0.5, 0.6) is 11.5 Å². The number of hydrogen-bond acceptors (Lipinski definition) is 3. The van der Waals surface area contributed by atoms with Crippen molar-refractivity contribution in [2.24, 2.45) is 5.92 Å². The second-order valence-corrected chi connectivity index (χ2v) is 5.05. The molecule has 0 N–H and O–H groups in total. The molecule has 94 valence electrons. The van der Waals surface area contributed by atoms with E-state index in [1.165, 1.54) is 0 Å². The van der Waals surface area contributed by atoms with Crippen molar-refractivity contribution >= 4 is 11.9 Å². The van der Waals surface area contributed by atoms with Gasteiger partial charge in [-0.1, -0.05) is 13.0 Å². The number of rotatable bonds is 1. The van der Waals surface area contributed by atoms with E-state index in [0.29, 0.717) is 12.3 Å². The molecule has 1 aliphatic carbocycles. The molecule has 0 radical (unpaired) electrons. The average Bonchev–Trinajstić information content (AvgIpc) is 2.81. The highest BCUT2D eigenvalue weighted by atomic mass is 16.7. The molecule has 0 bridgehead atoms. The SMILES string of the molecule is CC1CCC(=O)/C(=C/c2ccc3c(c2)OCO3)C1. The zero-order valence-corrected chi connectivity index (χ0v) is 10.4. The minimum atomic E-state index is 0.283. The Kier molecular flexibility index (Phi) is 2.82. The molecule has 1 aromatic carbocycles. The maximum atomic E-state index is 11.9. The molecule has 0 aromatic heterocycles. The first-order chi connectivity index (χ1) is 8.72. The fraction of sp³-hybridized carbons (Fsp3) is 0.400. The van der Waals surface area contributed by atoms with E-state index in [0.717, 1.165) is 35.5 Å². The van der Waals surface area contributed by atoms with Gasteiger partial charge in [-0.25, -0.2) is 0 Å². The molecule has 1 aromatic rings. The molecule has 1 unspecified atom stereocenters. The first-order valence-electron chi connectivity index (χ1n) is 6.36. The summed E-state index contributed by atoms with van der Waals surface area (Å²) in [5, 5.41) is 0. The van der Waals surface area contributed by atoms with Gasteiger partial charge in [0.25, 0.3) is 0 Å². The lowest BCUT2D eigenvalue weighted by molar-refractivity contribution is -0.116. The highest BCUT2D eigenvalue weighted by Gasteiger charge is 2.20. The van der Waals surface area contributed by atoms with Crippen LogP contribution in [0.4, 0.5) is 0 Å². The van der Waals surface area contributed by atoms with Gasteiger partial charge in [-0.3, -0.25) is 4.79 Å². The largest absolute Gasteiger partial charge is 0.454 e. The van der Waals surface area contributed by atoms with Crippen LogP contribution >= 0.6 is 0 Å². The number of ether oxygens (including phenoxy) is 2. The number of ketones is 1. The maximum Gasteiger partial charge on any atom is 0.231 e. The van der Waals surface area contributed by atoms with Crippen molar-refractivity contribution in [2.75, 3.05) is 6.79 Å². The minimum absolute atomic E-state index is 0.283. The van der Waals surface area contributed by atoms with Gasteiger partial charge in [0.2, 0.25) is 6.79 Å². The number of Topliss-reactive ketones (excluding diaryl/α,β-unsaturated/α-hetero) is 1. The summed E-state index contributed by atoms with van der Waals surface area (Å²) < 4.78 is 10.6. The Morgan fingerprint density at radius 3 is 3.00 bits per heavy atom. The molecule has 1 fully saturated rings. The Bertz CT molecular complexity index is 516. The van der Waals surface area contributed by atoms with Gasteiger partial charge in [-0.05, 0) is 48.1 Å². The fourth-order valence-corrected chi connectivity index (χ4v) is 2.47. The first kappa shape index (κ1) is 11.3. The Hall–Kier alpha value is -1.77. The van der Waals surface area contributed by atoms with E-state index in [9.17, 15) is 4.79 Å². The van der Waals surface area contributed by atoms with Crippen molar-refractivity contribution in [1.29, 1.82) is 0 Å². The molecule has 0 saturated heterocycles. The van der Waals surface area contributed by atoms with E-state index in [-0.39, 0.29) is 12.6 Å². The third-order valence-corrected chi connectivity index (χ3v) is 3.53. The monoisotopic (exact) mass is 244 g/mol. The molecule has 1 heterocycles. The summed E-state index contributed by atoms with van der Waals surface area (Å²) in [6.07, 6.45) is 4.56. The standard InChI is InChI=1S/C15H16O3/c1-10-2-4-13(16)12(6-10)7-11-3-5-14-15(8-11)18-9-17-14/h3,5,7-8,10H,2,4,6,9H2,1H3/b12-7+. The van der Waals surface area contributed by atoms with Crippen molar-refractivity contribution < 1.29 is 14.3 Å². The topological polar surface area (TPSA) is 35.5 Å². The van der Waals surface area contributed by atoms with E-state index in [4.69, 9.17) is 9.47 Å². The van der Waals surface area contributed by atoms with Crippen LogP contribution in [0.3, 0.4) is 0 Å². The van der Waals surface area contributed by atoms with E-state index in [1.807, 2.05) is 24.3 Å². The van der Waals surface area contributed by atoms with Crippen LogP contribution in [0.25, 0.3) is 6.08 Å². The Labute approximate surface area is 106 Å². The minimum Gasteiger partial charge on any atom is -0.454 e. The van der Waals surface area contributed by atoms with Crippen molar-refractivity contribution in [2.45, 2.75) is 26.2 Å². The third kappa shape index (κ3) is 2.13. The number of allylic oxidation sites excluding steroid dienone is 1. The van der Waals surface area contributed by atoms with E-state index < -0.39 is 0 Å². The fourth-order valence-electron chi connectivity index (χ4n) is 2.47. The molecular weight excluding hydrogens is 228 g/mol. The van der Waals surface area contributed by atoms with Gasteiger partial charge in [-0.15, -0.1) is 0 Å². The quantitative estimate of drug-likeness (QED) is 0.712. The zero-order valence-electron chi connectivity index (χ0n) is 10.4. The molecular formula is C15H16O3. The molecule has 1 saturated carbocycles. The lowest BCUT2D eigenvalue weighted by Crippen LogP contribution is -2.14. The highest BCUT2D eigenvalue weighted by Crippen LogP contribution is 2.34. The number of benzene rings is 1. The van der Waals surface area contributed by atoms with Crippen molar-refractivity contribution in [3.8, 4) is 11.5 Å². The number of fused-ring (bicyclic) bond motifs is 1. The Morgan fingerprint density at radius 1 is 1.28 bits per heavy atom. The number of hydrogen-bond donors (Lipinski definition) is 0. The predicted molar refractivity (Wildman–Crippen MR) is 68.6 cm³/mol. The molecule has 1 atom stereocenters. The second-order valence-electron chi connectivity index (χ2n) is 5.05. The van der Waals surface area contributed by atoms with E-state index in [1.54, 1.807) is 0 Å². The molecule has 1 aliphatic heterocycles. The molecule has 0 amide bonds. The van der Waals surface area contributed by atoms with Gasteiger partial charge < -0.3 is 9.47 Å². The maximum absolute atomic E-state index is 11.9. The lowest BCUT2D eigenvalue weighted by Gasteiger charge is -2.19. The Morgan fingerprint density at radius 2 is 2.11 bits per heavy atom. The third-order valence-electron chi connectivity index (χ3n) is 3.53. The smallest absolute Gasteiger partial charge is 0.231 e. The highest BCUT2D eigenvalue weighted by molar-refractivity contribution is 6.00. The molecule has 18 heavy (non-hydrogen) atoms. The first-order valence-corrected chi connectivity index (χ1v) is 6.36. The summed E-state index contributed by atoms with van der Waals surface area (Å²) in [5.41, 5.74) is 1.95. The number of carbonyl (C=O) groups excluding carboxylic acids is 1. The summed E-state index contributed by atoms with van der Waals surface area (Å²) in [6, 6.07) is 5.79. The summed E-state index contributed by atoms with van der Waals surface area (Å²) in [5.74, 6) is 2.43. The van der Waals surface area contributed by atoms with Gasteiger partial charge in [0.05, 0.1) is 0 Å². The van der Waals surface area contributed by atoms with Crippen molar-refractivity contribution in [1.82, 2.24) is 0 Å². The van der Waals surface area contributed by atoms with Crippen LogP contribution in [0, 0.1) is 5.92 Å². The van der Waals surface area contributed by atoms with E-state index in [2.05, 4.69) is 6.92 Å². The second kappa shape index (κ2) is 4.48. The zero-order chi connectivity index (χ0) is 12.5. The molecule has 3 rings (SSSR count). The predicted octanol–water partition coefficient (Wildman–Crippen LogP) is 3.19. The number of carbonyl (C=O) groups is 1. The van der Waals surface area contributed by atoms with Crippen LogP contribution in [0.2, 0.25) is 0 Å². The normalized spacial score (nSPS) is 24.6. The van der Waals surface area contributed by atoms with Crippen molar-refractivity contribution in [3.63, 3.8) is 0 Å². The van der Waals surface area contributed by atoms with Gasteiger partial charge in [0, 0.05) is 6.42 Å². The lowest BCUT2D eigenvalue weighted by atomic mass is 9.85. The van der Waals surface area contributed by atoms with Gasteiger partial charge in [-0.2, -0.15) is 0 Å². The van der Waals surface area contributed by atoms with Crippen LogP contribution in [-0.4, -0.2) is 12.6 Å². The summed E-state index contributed by atoms with van der Waals surface area (Å²) in [4.78, 5) is 11.9. The van der Waals surface area contributed by atoms with Crippen LogP contribution < -0.4 is 9.47 Å². The van der Waals surface area contributed by atoms with Gasteiger partial charge in [0.15, 0.2) is 17.3 Å². The summed E-state index contributed by atoms with van der Waals surface area (Å²) in [6.45, 7) is 2.48. The van der Waals surface area contributed by atoms with Crippen LogP contribution in [0.1, 0.15) is 31.7 Å². The Balaban J connectivity index is 1.88. The summed E-state index contributed by atoms with van der Waals surface area (Å²) in [7, 11) is 0. The molecule has 2 aliphatic rings. The molecule has 0 spiro atoms.